The van der Waals surface area contributed by atoms with Gasteiger partial charge in [-0.3, -0.25) is 0 Å². The molecule has 11 heteroatoms. The molecular weight excluding hydrogens is 529 g/mol. The van der Waals surface area contributed by atoms with Gasteiger partial charge in [0, 0.05) is 30.8 Å². The van der Waals surface area contributed by atoms with Crippen LogP contribution >= 0.6 is 23.2 Å². The molecule has 1 aliphatic carbocycles. The van der Waals surface area contributed by atoms with Crippen molar-refractivity contribution in [2.75, 3.05) is 32.9 Å². The van der Waals surface area contributed by atoms with Crippen molar-refractivity contribution >= 4 is 29.3 Å². The summed E-state index contributed by atoms with van der Waals surface area (Å²) in [5.41, 5.74) is -0.546. The maximum absolute atomic E-state index is 13.8. The molecule has 0 aromatic heterocycles. The Kier molecular flexibility index (Phi) is 7.95. The molecule has 3 aliphatic rings. The summed E-state index contributed by atoms with van der Waals surface area (Å²) in [6.45, 7) is 1.99. The van der Waals surface area contributed by atoms with E-state index in [-0.39, 0.29) is 34.8 Å². The van der Waals surface area contributed by atoms with Crippen molar-refractivity contribution in [2.24, 2.45) is 0 Å². The van der Waals surface area contributed by atoms with Crippen molar-refractivity contribution in [3.63, 3.8) is 0 Å². The van der Waals surface area contributed by atoms with Crippen molar-refractivity contribution in [3.8, 4) is 11.5 Å². The van der Waals surface area contributed by atoms with E-state index in [1.54, 1.807) is 17.0 Å². The largest absolute Gasteiger partial charge is 0.490 e. The predicted octanol–water partition coefficient (Wildman–Crippen LogP) is 5.22. The molecule has 200 valence electrons. The van der Waals surface area contributed by atoms with Crippen LogP contribution in [0.2, 0.25) is 10.0 Å². The quantitative estimate of drug-likeness (QED) is 0.456. The van der Waals surface area contributed by atoms with Crippen LogP contribution in [0.3, 0.4) is 0 Å². The molecule has 2 aromatic rings. The number of halogens is 4. The Hall–Kier alpha value is -2.33. The zero-order valence-corrected chi connectivity index (χ0v) is 21.6. The summed E-state index contributed by atoms with van der Waals surface area (Å²) in [7, 11) is 0. The molecule has 1 N–H and O–H groups in total. The standard InChI is InChI=1S/C26H28Cl2F2N2O5/c27-21-7-5-18(9-23(21)29)35-12-20-11-32(25(33)36-20)17-3-1-16(2-4-17)31-13-26(14-34-15-26)37-19-6-8-22(28)24(30)10-19/h5-10,16-17,20,31H,1-4,11-15H2/t16-,17-,20?. The number of benzene rings is 2. The van der Waals surface area contributed by atoms with Crippen molar-refractivity contribution in [3.05, 3.63) is 58.1 Å². The molecule has 1 unspecified atom stereocenters. The summed E-state index contributed by atoms with van der Waals surface area (Å²) in [6.07, 6.45) is 2.71. The number of cyclic esters (lactones) is 1. The maximum Gasteiger partial charge on any atom is 0.410 e. The van der Waals surface area contributed by atoms with Crippen LogP contribution in [0, 0.1) is 11.6 Å². The number of carbonyl (C=O) groups is 1. The van der Waals surface area contributed by atoms with Gasteiger partial charge in [0.2, 0.25) is 0 Å². The number of amides is 1. The fourth-order valence-electron chi connectivity index (χ4n) is 4.92. The van der Waals surface area contributed by atoms with Crippen LogP contribution in [-0.4, -0.2) is 67.7 Å². The summed E-state index contributed by atoms with van der Waals surface area (Å²) in [5, 5.41) is 3.65. The Morgan fingerprint density at radius 1 is 1.00 bits per heavy atom. The van der Waals surface area contributed by atoms with Crippen LogP contribution in [0.15, 0.2) is 36.4 Å². The second-order valence-corrected chi connectivity index (χ2v) is 10.6. The summed E-state index contributed by atoms with van der Waals surface area (Å²) >= 11 is 11.5. The third-order valence-electron chi connectivity index (χ3n) is 7.04. The predicted molar refractivity (Wildman–Crippen MR) is 134 cm³/mol. The van der Waals surface area contributed by atoms with Crippen LogP contribution in [0.5, 0.6) is 11.5 Å². The second-order valence-electron chi connectivity index (χ2n) is 9.79. The average Bonchev–Trinajstić information content (AvgIpc) is 3.24. The van der Waals surface area contributed by atoms with Crippen molar-refractivity contribution in [2.45, 2.75) is 49.5 Å². The first-order valence-electron chi connectivity index (χ1n) is 12.3. The lowest BCUT2D eigenvalue weighted by Gasteiger charge is -2.43. The van der Waals surface area contributed by atoms with Crippen LogP contribution in [-0.2, 0) is 9.47 Å². The minimum absolute atomic E-state index is 0.0246. The molecule has 0 radical (unpaired) electrons. The minimum Gasteiger partial charge on any atom is -0.490 e. The van der Waals surface area contributed by atoms with Gasteiger partial charge in [-0.05, 0) is 49.9 Å². The van der Waals surface area contributed by atoms with E-state index >= 15 is 0 Å². The van der Waals surface area contributed by atoms with Gasteiger partial charge in [-0.15, -0.1) is 0 Å². The molecule has 1 amide bonds. The number of nitrogens with one attached hydrogen (secondary N) is 1. The first-order chi connectivity index (χ1) is 17.8. The normalized spacial score (nSPS) is 24.9. The molecule has 1 atom stereocenters. The number of nitrogens with zero attached hydrogens (tertiary/aromatic N) is 1. The van der Waals surface area contributed by atoms with E-state index in [1.807, 2.05) is 0 Å². The van der Waals surface area contributed by atoms with Gasteiger partial charge >= 0.3 is 6.09 Å². The Morgan fingerprint density at radius 3 is 2.27 bits per heavy atom. The number of hydrogen-bond acceptors (Lipinski definition) is 6. The van der Waals surface area contributed by atoms with E-state index in [9.17, 15) is 13.6 Å². The average molecular weight is 557 g/mol. The highest BCUT2D eigenvalue weighted by atomic mass is 35.5. The topological polar surface area (TPSA) is 69.3 Å². The zero-order chi connectivity index (χ0) is 26.0. The van der Waals surface area contributed by atoms with Crippen molar-refractivity contribution in [1.82, 2.24) is 10.2 Å². The van der Waals surface area contributed by atoms with Gasteiger partial charge in [-0.25, -0.2) is 13.6 Å². The monoisotopic (exact) mass is 556 g/mol. The third-order valence-corrected chi connectivity index (χ3v) is 7.65. The van der Waals surface area contributed by atoms with E-state index in [0.29, 0.717) is 37.8 Å². The van der Waals surface area contributed by atoms with E-state index in [0.717, 1.165) is 25.7 Å². The smallest absolute Gasteiger partial charge is 0.410 e. The summed E-state index contributed by atoms with van der Waals surface area (Å²) < 4.78 is 49.9. The molecule has 0 bridgehead atoms. The summed E-state index contributed by atoms with van der Waals surface area (Å²) in [4.78, 5) is 14.3. The molecular formula is C26H28Cl2F2N2O5. The molecule has 5 rings (SSSR count). The highest BCUT2D eigenvalue weighted by Crippen LogP contribution is 2.30. The first-order valence-corrected chi connectivity index (χ1v) is 13.1. The highest BCUT2D eigenvalue weighted by molar-refractivity contribution is 6.31. The fourth-order valence-corrected chi connectivity index (χ4v) is 5.16. The SMILES string of the molecule is O=C1OC(COc2ccc(Cl)c(F)c2)CN1[C@H]1CC[C@H](NCC2(Oc3ccc(Cl)c(F)c3)COC2)CC1. The lowest BCUT2D eigenvalue weighted by molar-refractivity contribution is -0.159. The number of carbonyl (C=O) groups excluding carboxylic acids is 1. The molecule has 2 aliphatic heterocycles. The van der Waals surface area contributed by atoms with E-state index < -0.39 is 23.3 Å². The third kappa shape index (κ3) is 6.22. The molecule has 2 aromatic carbocycles. The van der Waals surface area contributed by atoms with Gasteiger partial charge in [-0.2, -0.15) is 0 Å². The second kappa shape index (κ2) is 11.2. The Balaban J connectivity index is 1.06. The lowest BCUT2D eigenvalue weighted by Crippen LogP contribution is -2.61. The number of hydrogen-bond donors (Lipinski definition) is 1. The van der Waals surface area contributed by atoms with Crippen LogP contribution < -0.4 is 14.8 Å². The molecule has 0 spiro atoms. The van der Waals surface area contributed by atoms with Gasteiger partial charge in [0.05, 0.1) is 29.8 Å². The maximum atomic E-state index is 13.8. The highest BCUT2D eigenvalue weighted by Gasteiger charge is 2.43. The summed E-state index contributed by atoms with van der Waals surface area (Å²) in [5.74, 6) is -0.324. The van der Waals surface area contributed by atoms with Gasteiger partial charge in [-0.1, -0.05) is 23.2 Å². The van der Waals surface area contributed by atoms with Crippen LogP contribution in [0.4, 0.5) is 13.6 Å². The molecule has 37 heavy (non-hydrogen) atoms. The molecule has 2 heterocycles. The van der Waals surface area contributed by atoms with E-state index in [2.05, 4.69) is 5.32 Å². The van der Waals surface area contributed by atoms with E-state index in [4.69, 9.17) is 42.1 Å². The van der Waals surface area contributed by atoms with Crippen molar-refractivity contribution in [1.29, 1.82) is 0 Å². The molecule has 2 saturated heterocycles. The van der Waals surface area contributed by atoms with Gasteiger partial charge in [0.15, 0.2) is 11.7 Å². The van der Waals surface area contributed by atoms with Gasteiger partial charge in [0.25, 0.3) is 0 Å². The Bertz CT molecular complexity index is 1130. The first kappa shape index (κ1) is 26.3. The van der Waals surface area contributed by atoms with Crippen LogP contribution in [0.25, 0.3) is 0 Å². The van der Waals surface area contributed by atoms with Crippen LogP contribution in [0.1, 0.15) is 25.7 Å². The fraction of sp³-hybridized carbons (Fsp3) is 0.500. The number of ether oxygens (including phenoxy) is 4. The number of rotatable bonds is 9. The Morgan fingerprint density at radius 2 is 1.65 bits per heavy atom. The summed E-state index contributed by atoms with van der Waals surface area (Å²) in [6, 6.07) is 9.00. The lowest BCUT2D eigenvalue weighted by atomic mass is 9.89. The molecule has 7 nitrogen and oxygen atoms in total. The van der Waals surface area contributed by atoms with Gasteiger partial charge < -0.3 is 29.2 Å². The molecule has 3 fully saturated rings. The zero-order valence-electron chi connectivity index (χ0n) is 20.1. The van der Waals surface area contributed by atoms with E-state index in [1.165, 1.54) is 24.3 Å². The Labute approximate surface area is 223 Å². The minimum atomic E-state index is -0.559. The van der Waals surface area contributed by atoms with Crippen molar-refractivity contribution < 1.29 is 32.5 Å². The van der Waals surface area contributed by atoms with Gasteiger partial charge in [0.1, 0.15) is 29.7 Å². The molecule has 1 saturated carbocycles.